The first-order valence-corrected chi connectivity index (χ1v) is 5.90. The van der Waals surface area contributed by atoms with Crippen LogP contribution in [-0.4, -0.2) is 40.2 Å². The van der Waals surface area contributed by atoms with Crippen LogP contribution in [0.4, 0.5) is 5.69 Å². The summed E-state index contributed by atoms with van der Waals surface area (Å²) in [6.45, 7) is 4.78. The molecule has 0 radical (unpaired) electrons. The van der Waals surface area contributed by atoms with E-state index in [9.17, 15) is 4.79 Å². The summed E-state index contributed by atoms with van der Waals surface area (Å²) < 4.78 is 1.77. The van der Waals surface area contributed by atoms with E-state index in [0.717, 1.165) is 25.9 Å². The molecule has 0 aliphatic heterocycles. The standard InChI is InChI=1S/C11H21N5O/c1-2-3-4-15(9-11(13)17)5-6-16-8-10(12)7-14-16/h7-8H,2-6,9,12H2,1H3,(H2,13,17). The molecule has 0 fully saturated rings. The largest absolute Gasteiger partial charge is 0.396 e. The van der Waals surface area contributed by atoms with Crippen molar-refractivity contribution in [3.8, 4) is 0 Å². The third-order valence-corrected chi connectivity index (χ3v) is 2.51. The molecule has 0 aromatic carbocycles. The van der Waals surface area contributed by atoms with Crippen LogP contribution in [0.2, 0.25) is 0 Å². The van der Waals surface area contributed by atoms with Crippen LogP contribution in [0.3, 0.4) is 0 Å². The number of anilines is 1. The second-order valence-corrected chi connectivity index (χ2v) is 4.13. The fourth-order valence-corrected chi connectivity index (χ4v) is 1.62. The summed E-state index contributed by atoms with van der Waals surface area (Å²) >= 11 is 0. The van der Waals surface area contributed by atoms with E-state index in [0.29, 0.717) is 18.8 Å². The third kappa shape index (κ3) is 5.35. The Balaban J connectivity index is 2.39. The van der Waals surface area contributed by atoms with E-state index in [1.165, 1.54) is 0 Å². The molecule has 6 heteroatoms. The van der Waals surface area contributed by atoms with Gasteiger partial charge in [0, 0.05) is 12.7 Å². The SMILES string of the molecule is CCCCN(CCn1cc(N)cn1)CC(N)=O. The molecule has 0 spiro atoms. The van der Waals surface area contributed by atoms with E-state index in [-0.39, 0.29) is 5.91 Å². The molecule has 0 aliphatic rings. The topological polar surface area (TPSA) is 90.2 Å². The van der Waals surface area contributed by atoms with E-state index in [2.05, 4.69) is 12.0 Å². The maximum absolute atomic E-state index is 10.9. The lowest BCUT2D eigenvalue weighted by Crippen LogP contribution is -2.36. The smallest absolute Gasteiger partial charge is 0.231 e. The van der Waals surface area contributed by atoms with E-state index in [4.69, 9.17) is 11.5 Å². The average Bonchev–Trinajstić information content (AvgIpc) is 2.68. The van der Waals surface area contributed by atoms with Crippen molar-refractivity contribution in [2.24, 2.45) is 5.73 Å². The van der Waals surface area contributed by atoms with Crippen molar-refractivity contribution in [2.75, 3.05) is 25.4 Å². The molecule has 4 N–H and O–H groups in total. The first kappa shape index (κ1) is 13.5. The summed E-state index contributed by atoms with van der Waals surface area (Å²) in [6.07, 6.45) is 5.56. The number of nitrogens with two attached hydrogens (primary N) is 2. The normalized spacial score (nSPS) is 10.9. The van der Waals surface area contributed by atoms with Crippen molar-refractivity contribution in [3.63, 3.8) is 0 Å². The van der Waals surface area contributed by atoms with Crippen molar-refractivity contribution in [2.45, 2.75) is 26.3 Å². The Kier molecular flexibility index (Phi) is 5.48. The maximum Gasteiger partial charge on any atom is 0.231 e. The highest BCUT2D eigenvalue weighted by Crippen LogP contribution is 2.00. The Hall–Kier alpha value is -1.56. The monoisotopic (exact) mass is 239 g/mol. The molecular formula is C11H21N5O. The number of rotatable bonds is 8. The van der Waals surface area contributed by atoms with Crippen LogP contribution in [0.1, 0.15) is 19.8 Å². The highest BCUT2D eigenvalue weighted by molar-refractivity contribution is 5.75. The molecule has 0 aliphatic carbocycles. The third-order valence-electron chi connectivity index (χ3n) is 2.51. The predicted octanol–water partition coefficient (Wildman–Crippen LogP) is 0.0527. The number of primary amides is 1. The molecule has 0 saturated carbocycles. The Morgan fingerprint density at radius 3 is 2.82 bits per heavy atom. The van der Waals surface area contributed by atoms with Crippen molar-refractivity contribution < 1.29 is 4.79 Å². The lowest BCUT2D eigenvalue weighted by atomic mass is 10.3. The van der Waals surface area contributed by atoms with E-state index in [1.807, 2.05) is 4.90 Å². The molecule has 0 atom stereocenters. The molecule has 0 saturated heterocycles. The number of nitrogens with zero attached hydrogens (tertiary/aromatic N) is 3. The zero-order valence-corrected chi connectivity index (χ0v) is 10.3. The van der Waals surface area contributed by atoms with Gasteiger partial charge in [-0.15, -0.1) is 0 Å². The average molecular weight is 239 g/mol. The second-order valence-electron chi connectivity index (χ2n) is 4.13. The summed E-state index contributed by atoms with van der Waals surface area (Å²) in [5.41, 5.74) is 11.4. The Bertz CT molecular complexity index is 349. The molecule has 1 heterocycles. The van der Waals surface area contributed by atoms with Crippen LogP contribution in [0.5, 0.6) is 0 Å². The fraction of sp³-hybridized carbons (Fsp3) is 0.636. The van der Waals surface area contributed by atoms with E-state index >= 15 is 0 Å². The number of hydrogen-bond acceptors (Lipinski definition) is 4. The zero-order chi connectivity index (χ0) is 12.7. The van der Waals surface area contributed by atoms with Gasteiger partial charge in [0.1, 0.15) is 0 Å². The number of amides is 1. The van der Waals surface area contributed by atoms with Gasteiger partial charge in [-0.25, -0.2) is 0 Å². The molecule has 1 rings (SSSR count). The van der Waals surface area contributed by atoms with Crippen LogP contribution < -0.4 is 11.5 Å². The lowest BCUT2D eigenvalue weighted by Gasteiger charge is -2.20. The molecule has 0 bridgehead atoms. The summed E-state index contributed by atoms with van der Waals surface area (Å²) in [4.78, 5) is 13.0. The van der Waals surface area contributed by atoms with Crippen LogP contribution in [0, 0.1) is 0 Å². The molecule has 0 unspecified atom stereocenters. The molecule has 1 amide bonds. The first-order chi connectivity index (χ1) is 8.11. The van der Waals surface area contributed by atoms with E-state index < -0.39 is 0 Å². The first-order valence-electron chi connectivity index (χ1n) is 5.90. The van der Waals surface area contributed by atoms with Gasteiger partial charge < -0.3 is 11.5 Å². The highest BCUT2D eigenvalue weighted by Gasteiger charge is 2.08. The minimum absolute atomic E-state index is 0.291. The molecular weight excluding hydrogens is 218 g/mol. The maximum atomic E-state index is 10.9. The fourth-order valence-electron chi connectivity index (χ4n) is 1.62. The second kappa shape index (κ2) is 6.90. The van der Waals surface area contributed by atoms with E-state index in [1.54, 1.807) is 17.1 Å². The summed E-state index contributed by atoms with van der Waals surface area (Å²) in [7, 11) is 0. The summed E-state index contributed by atoms with van der Waals surface area (Å²) in [6, 6.07) is 0. The van der Waals surface area contributed by atoms with Crippen molar-refractivity contribution in [3.05, 3.63) is 12.4 Å². The van der Waals surface area contributed by atoms with Crippen LogP contribution >= 0.6 is 0 Å². The number of carbonyl (C=O) groups is 1. The molecule has 17 heavy (non-hydrogen) atoms. The Labute approximate surface area is 102 Å². The van der Waals surface area contributed by atoms with Crippen molar-refractivity contribution in [1.82, 2.24) is 14.7 Å². The van der Waals surface area contributed by atoms with Gasteiger partial charge in [-0.2, -0.15) is 5.10 Å². The molecule has 1 aromatic heterocycles. The Morgan fingerprint density at radius 2 is 2.29 bits per heavy atom. The zero-order valence-electron chi connectivity index (χ0n) is 10.3. The van der Waals surface area contributed by atoms with Gasteiger partial charge in [-0.3, -0.25) is 14.4 Å². The van der Waals surface area contributed by atoms with Crippen LogP contribution in [-0.2, 0) is 11.3 Å². The minimum Gasteiger partial charge on any atom is -0.396 e. The van der Waals surface area contributed by atoms with Crippen LogP contribution in [0.15, 0.2) is 12.4 Å². The van der Waals surface area contributed by atoms with Crippen molar-refractivity contribution in [1.29, 1.82) is 0 Å². The lowest BCUT2D eigenvalue weighted by molar-refractivity contribution is -0.119. The Morgan fingerprint density at radius 1 is 1.53 bits per heavy atom. The van der Waals surface area contributed by atoms with Crippen molar-refractivity contribution >= 4 is 11.6 Å². The summed E-state index contributed by atoms with van der Waals surface area (Å²) in [5, 5.41) is 4.10. The van der Waals surface area contributed by atoms with Gasteiger partial charge in [0.05, 0.1) is 25.0 Å². The quantitative estimate of drug-likeness (QED) is 0.671. The van der Waals surface area contributed by atoms with Gasteiger partial charge in [-0.05, 0) is 13.0 Å². The number of carbonyl (C=O) groups excluding carboxylic acids is 1. The summed E-state index contributed by atoms with van der Waals surface area (Å²) in [5.74, 6) is -0.291. The molecule has 6 nitrogen and oxygen atoms in total. The van der Waals surface area contributed by atoms with Gasteiger partial charge in [0.25, 0.3) is 0 Å². The highest BCUT2D eigenvalue weighted by atomic mass is 16.1. The van der Waals surface area contributed by atoms with Crippen LogP contribution in [0.25, 0.3) is 0 Å². The van der Waals surface area contributed by atoms with Gasteiger partial charge in [0.2, 0.25) is 5.91 Å². The van der Waals surface area contributed by atoms with Gasteiger partial charge in [-0.1, -0.05) is 13.3 Å². The predicted molar refractivity (Wildman–Crippen MR) is 67.2 cm³/mol. The number of hydrogen-bond donors (Lipinski definition) is 2. The van der Waals surface area contributed by atoms with Gasteiger partial charge in [0.15, 0.2) is 0 Å². The number of unbranched alkanes of at least 4 members (excludes halogenated alkanes) is 1. The molecule has 1 aromatic rings. The molecule has 96 valence electrons. The minimum atomic E-state index is -0.291. The number of nitrogen functional groups attached to an aromatic ring is 1. The van der Waals surface area contributed by atoms with Gasteiger partial charge >= 0.3 is 0 Å². The number of aromatic nitrogens is 2.